The molecule has 0 bridgehead atoms. The number of amides is 1. The molecule has 0 aliphatic carbocycles. The van der Waals surface area contributed by atoms with Gasteiger partial charge >= 0.3 is 0 Å². The highest BCUT2D eigenvalue weighted by molar-refractivity contribution is 5.80. The Hall–Kier alpha value is -2.24. The van der Waals surface area contributed by atoms with E-state index in [0.29, 0.717) is 5.65 Å². The first kappa shape index (κ1) is 18.5. The van der Waals surface area contributed by atoms with Gasteiger partial charge in [-0.25, -0.2) is 15.0 Å². The summed E-state index contributed by atoms with van der Waals surface area (Å²) in [6.07, 6.45) is 5.56. The lowest BCUT2D eigenvalue weighted by atomic mass is 9.96. The van der Waals surface area contributed by atoms with Crippen LogP contribution in [0, 0.1) is 5.92 Å². The van der Waals surface area contributed by atoms with E-state index in [0.717, 1.165) is 61.4 Å². The summed E-state index contributed by atoms with van der Waals surface area (Å²) in [5, 5.41) is 3.04. The van der Waals surface area contributed by atoms with Crippen LogP contribution in [0.1, 0.15) is 51.9 Å². The van der Waals surface area contributed by atoms with Crippen LogP contribution in [0.4, 0.5) is 5.69 Å². The maximum Gasteiger partial charge on any atom is 0.225 e. The summed E-state index contributed by atoms with van der Waals surface area (Å²) in [4.78, 5) is 28.6. The molecule has 1 fully saturated rings. The molecule has 6 heteroatoms. The van der Waals surface area contributed by atoms with Crippen molar-refractivity contribution in [2.45, 2.75) is 59.4 Å². The summed E-state index contributed by atoms with van der Waals surface area (Å²) in [7, 11) is 0. The van der Waals surface area contributed by atoms with Crippen LogP contribution in [-0.2, 0) is 17.6 Å². The van der Waals surface area contributed by atoms with Crippen molar-refractivity contribution in [3.63, 3.8) is 0 Å². The van der Waals surface area contributed by atoms with Gasteiger partial charge in [0.25, 0.3) is 0 Å². The average Bonchev–Trinajstić information content (AvgIpc) is 2.65. The van der Waals surface area contributed by atoms with Crippen LogP contribution in [-0.4, -0.2) is 40.0 Å². The predicted molar refractivity (Wildman–Crippen MR) is 104 cm³/mol. The van der Waals surface area contributed by atoms with Gasteiger partial charge in [-0.1, -0.05) is 13.8 Å². The molecule has 1 saturated heterocycles. The smallest absolute Gasteiger partial charge is 0.225 e. The highest BCUT2D eigenvalue weighted by Crippen LogP contribution is 2.25. The minimum atomic E-state index is 0.0293. The zero-order chi connectivity index (χ0) is 18.7. The zero-order valence-corrected chi connectivity index (χ0v) is 16.2. The van der Waals surface area contributed by atoms with Crippen molar-refractivity contribution in [1.82, 2.24) is 20.3 Å². The van der Waals surface area contributed by atoms with Crippen molar-refractivity contribution < 1.29 is 4.79 Å². The Morgan fingerprint density at radius 3 is 2.69 bits per heavy atom. The molecule has 2 aromatic rings. The molecule has 2 aromatic heterocycles. The normalized spacial score (nSPS) is 17.7. The molecular weight excluding hydrogens is 326 g/mol. The summed E-state index contributed by atoms with van der Waals surface area (Å²) in [6.45, 7) is 9.88. The predicted octanol–water partition coefficient (Wildman–Crippen LogP) is 2.89. The number of carbonyl (C=O) groups excluding carboxylic acids is 1. The number of hydrogen-bond acceptors (Lipinski definition) is 5. The molecule has 1 aliphatic heterocycles. The topological polar surface area (TPSA) is 71.0 Å². The lowest BCUT2D eigenvalue weighted by molar-refractivity contribution is -0.125. The van der Waals surface area contributed by atoms with E-state index in [1.807, 2.05) is 20.0 Å². The van der Waals surface area contributed by atoms with E-state index in [1.54, 1.807) is 0 Å². The molecule has 3 heterocycles. The number of aryl methyl sites for hydroxylation is 2. The van der Waals surface area contributed by atoms with Gasteiger partial charge in [0.05, 0.1) is 29.2 Å². The summed E-state index contributed by atoms with van der Waals surface area (Å²) < 4.78 is 0. The number of nitrogens with zero attached hydrogens (tertiary/aromatic N) is 4. The number of pyridine rings is 1. The summed E-state index contributed by atoms with van der Waals surface area (Å²) in [5.41, 5.74) is 4.65. The Labute approximate surface area is 155 Å². The van der Waals surface area contributed by atoms with Gasteiger partial charge in [0, 0.05) is 19.1 Å². The van der Waals surface area contributed by atoms with Crippen LogP contribution >= 0.6 is 0 Å². The van der Waals surface area contributed by atoms with Gasteiger partial charge in [-0.2, -0.15) is 0 Å². The fourth-order valence-electron chi connectivity index (χ4n) is 3.57. The second-order valence-corrected chi connectivity index (χ2v) is 7.31. The standard InChI is InChI=1S/C20H29N5O/c1-5-16-17(6-2)24-19-18(23-16)10-15(11-21-19)25-9-7-8-14(12-25)20(26)22-13(3)4/h10-11,13-14H,5-9,12H2,1-4H3,(H,22,26)/t14-/m0/s1. The quantitative estimate of drug-likeness (QED) is 0.893. The second-order valence-electron chi connectivity index (χ2n) is 7.31. The van der Waals surface area contributed by atoms with E-state index >= 15 is 0 Å². The van der Waals surface area contributed by atoms with Gasteiger partial charge in [0.1, 0.15) is 5.52 Å². The first-order valence-corrected chi connectivity index (χ1v) is 9.72. The number of nitrogens with one attached hydrogen (secondary N) is 1. The fourth-order valence-corrected chi connectivity index (χ4v) is 3.57. The maximum atomic E-state index is 12.4. The zero-order valence-electron chi connectivity index (χ0n) is 16.2. The third-order valence-corrected chi connectivity index (χ3v) is 4.92. The van der Waals surface area contributed by atoms with Gasteiger partial charge in [-0.3, -0.25) is 4.79 Å². The summed E-state index contributed by atoms with van der Waals surface area (Å²) >= 11 is 0. The molecular formula is C20H29N5O. The largest absolute Gasteiger partial charge is 0.369 e. The molecule has 0 spiro atoms. The average molecular weight is 355 g/mol. The monoisotopic (exact) mass is 355 g/mol. The van der Waals surface area contributed by atoms with Crippen LogP contribution in [0.2, 0.25) is 0 Å². The van der Waals surface area contributed by atoms with Gasteiger partial charge in [-0.15, -0.1) is 0 Å². The van der Waals surface area contributed by atoms with Crippen LogP contribution < -0.4 is 10.2 Å². The molecule has 1 amide bonds. The van der Waals surface area contributed by atoms with Crippen molar-refractivity contribution in [3.05, 3.63) is 23.7 Å². The molecule has 1 N–H and O–H groups in total. The number of carbonyl (C=O) groups is 1. The Kier molecular flexibility index (Phi) is 5.69. The Bertz CT molecular complexity index is 789. The third kappa shape index (κ3) is 3.94. The number of rotatable bonds is 5. The Morgan fingerprint density at radius 2 is 2.00 bits per heavy atom. The summed E-state index contributed by atoms with van der Waals surface area (Å²) in [6, 6.07) is 2.24. The molecule has 140 valence electrons. The summed E-state index contributed by atoms with van der Waals surface area (Å²) in [5.74, 6) is 0.181. The van der Waals surface area contributed by atoms with E-state index < -0.39 is 0 Å². The minimum Gasteiger partial charge on any atom is -0.369 e. The second kappa shape index (κ2) is 7.98. The van der Waals surface area contributed by atoms with Crippen LogP contribution in [0.25, 0.3) is 11.2 Å². The fraction of sp³-hybridized carbons (Fsp3) is 0.600. The molecule has 6 nitrogen and oxygen atoms in total. The molecule has 0 saturated carbocycles. The lowest BCUT2D eigenvalue weighted by Gasteiger charge is -2.33. The van der Waals surface area contributed by atoms with Crippen molar-refractivity contribution in [2.75, 3.05) is 18.0 Å². The van der Waals surface area contributed by atoms with E-state index in [-0.39, 0.29) is 17.9 Å². The first-order valence-electron chi connectivity index (χ1n) is 9.72. The number of aromatic nitrogens is 3. The number of piperidine rings is 1. The lowest BCUT2D eigenvalue weighted by Crippen LogP contribution is -2.44. The molecule has 0 aromatic carbocycles. The van der Waals surface area contributed by atoms with E-state index in [2.05, 4.69) is 40.1 Å². The number of hydrogen-bond donors (Lipinski definition) is 1. The van der Waals surface area contributed by atoms with E-state index in [4.69, 9.17) is 4.98 Å². The van der Waals surface area contributed by atoms with Crippen molar-refractivity contribution in [2.24, 2.45) is 5.92 Å². The maximum absolute atomic E-state index is 12.4. The molecule has 26 heavy (non-hydrogen) atoms. The Morgan fingerprint density at radius 1 is 1.27 bits per heavy atom. The molecule has 3 rings (SSSR count). The molecule has 1 aliphatic rings. The van der Waals surface area contributed by atoms with Crippen molar-refractivity contribution >= 4 is 22.8 Å². The highest BCUT2D eigenvalue weighted by Gasteiger charge is 2.26. The van der Waals surface area contributed by atoms with Gasteiger partial charge < -0.3 is 10.2 Å². The Balaban J connectivity index is 1.84. The van der Waals surface area contributed by atoms with Crippen molar-refractivity contribution in [3.8, 4) is 0 Å². The number of anilines is 1. The van der Waals surface area contributed by atoms with Crippen LogP contribution in [0.5, 0.6) is 0 Å². The van der Waals surface area contributed by atoms with Gasteiger partial charge in [-0.05, 0) is 45.6 Å². The first-order chi connectivity index (χ1) is 12.5. The number of fused-ring (bicyclic) bond motifs is 1. The van der Waals surface area contributed by atoms with Crippen LogP contribution in [0.3, 0.4) is 0 Å². The van der Waals surface area contributed by atoms with Gasteiger partial charge in [0.15, 0.2) is 5.65 Å². The molecule has 1 atom stereocenters. The minimum absolute atomic E-state index is 0.0293. The van der Waals surface area contributed by atoms with Gasteiger partial charge in [0.2, 0.25) is 5.91 Å². The third-order valence-electron chi connectivity index (χ3n) is 4.92. The molecule has 0 unspecified atom stereocenters. The van der Waals surface area contributed by atoms with E-state index in [1.165, 1.54) is 0 Å². The SMILES string of the molecule is CCc1nc2cc(N3CCC[C@H](C(=O)NC(C)C)C3)cnc2nc1CC. The molecule has 0 radical (unpaired) electrons. The van der Waals surface area contributed by atoms with Crippen molar-refractivity contribution in [1.29, 1.82) is 0 Å². The van der Waals surface area contributed by atoms with E-state index in [9.17, 15) is 4.79 Å². The van der Waals surface area contributed by atoms with Crippen LogP contribution in [0.15, 0.2) is 12.3 Å². The highest BCUT2D eigenvalue weighted by atomic mass is 16.2.